The van der Waals surface area contributed by atoms with Crippen molar-refractivity contribution < 1.29 is 28.3 Å². The van der Waals surface area contributed by atoms with Crippen molar-refractivity contribution in [2.24, 2.45) is 0 Å². The topological polar surface area (TPSA) is 99.9 Å². The number of carbonyl (C=O) groups excluding carboxylic acids is 3. The highest BCUT2D eigenvalue weighted by Gasteiger charge is 2.18. The smallest absolute Gasteiger partial charge is 0.347 e. The third-order valence-corrected chi connectivity index (χ3v) is 2.88. The third-order valence-electron chi connectivity index (χ3n) is 2.88. The summed E-state index contributed by atoms with van der Waals surface area (Å²) in [6.45, 7) is 3.02. The van der Waals surface area contributed by atoms with Crippen LogP contribution in [-0.4, -0.2) is 24.3 Å². The molecule has 0 aliphatic rings. The van der Waals surface area contributed by atoms with Crippen LogP contribution in [0.3, 0.4) is 0 Å². The van der Waals surface area contributed by atoms with Gasteiger partial charge in [-0.1, -0.05) is 0 Å². The second kappa shape index (κ2) is 6.87. The molecule has 0 unspecified atom stereocenters. The highest BCUT2D eigenvalue weighted by Crippen LogP contribution is 2.21. The minimum absolute atomic E-state index is 0.150. The summed E-state index contributed by atoms with van der Waals surface area (Å²) in [5, 5.41) is 0.465. The lowest BCUT2D eigenvalue weighted by molar-refractivity contribution is -0.142. The van der Waals surface area contributed by atoms with Gasteiger partial charge in [0.1, 0.15) is 23.3 Å². The molecule has 0 spiro atoms. The Kier molecular flexibility index (Phi) is 4.90. The number of hydrogen-bond donors (Lipinski definition) is 0. The first-order valence-corrected chi connectivity index (χ1v) is 6.86. The molecule has 1 aromatic carbocycles. The first-order chi connectivity index (χ1) is 10.9. The maximum atomic E-state index is 12.0. The zero-order valence-corrected chi connectivity index (χ0v) is 12.6. The van der Waals surface area contributed by atoms with Crippen LogP contribution in [0.4, 0.5) is 0 Å². The van der Waals surface area contributed by atoms with Gasteiger partial charge in [0.05, 0.1) is 6.61 Å². The van der Waals surface area contributed by atoms with Crippen molar-refractivity contribution in [2.75, 3.05) is 6.61 Å². The molecule has 0 radical (unpaired) electrons. The van der Waals surface area contributed by atoms with Crippen molar-refractivity contribution in [2.45, 2.75) is 20.3 Å². The van der Waals surface area contributed by atoms with Gasteiger partial charge < -0.3 is 13.9 Å². The van der Waals surface area contributed by atoms with Crippen molar-refractivity contribution >= 4 is 28.7 Å². The zero-order valence-electron chi connectivity index (χ0n) is 12.6. The van der Waals surface area contributed by atoms with Gasteiger partial charge in [-0.05, 0) is 25.1 Å². The fourth-order valence-electron chi connectivity index (χ4n) is 1.95. The Morgan fingerprint density at radius 2 is 1.91 bits per heavy atom. The summed E-state index contributed by atoms with van der Waals surface area (Å²) in [5.41, 5.74) is -0.931. The highest BCUT2D eigenvalue weighted by atomic mass is 16.5. The molecule has 0 aliphatic carbocycles. The van der Waals surface area contributed by atoms with Crippen LogP contribution in [-0.2, 0) is 14.3 Å². The molecule has 0 aliphatic heterocycles. The molecule has 0 atom stereocenters. The molecule has 2 aromatic rings. The Morgan fingerprint density at radius 3 is 2.57 bits per heavy atom. The number of carbonyl (C=O) groups is 3. The fraction of sp³-hybridized carbons (Fsp3) is 0.250. The molecule has 0 saturated heterocycles. The van der Waals surface area contributed by atoms with E-state index in [1.807, 2.05) is 0 Å². The minimum Gasteiger partial charge on any atom is -0.466 e. The van der Waals surface area contributed by atoms with Gasteiger partial charge in [-0.2, -0.15) is 0 Å². The van der Waals surface area contributed by atoms with Crippen LogP contribution in [0.25, 0.3) is 11.0 Å². The molecule has 7 nitrogen and oxygen atoms in total. The summed E-state index contributed by atoms with van der Waals surface area (Å²) in [6.07, 6.45) is -0.532. The number of Topliss-reactive ketones (excluding diaryl/α,β-unsaturated/α-hetero) is 1. The summed E-state index contributed by atoms with van der Waals surface area (Å²) in [6, 6.07) is 5.75. The Hall–Kier alpha value is -2.96. The van der Waals surface area contributed by atoms with Crippen molar-refractivity contribution in [1.29, 1.82) is 0 Å². The molecule has 0 bridgehead atoms. The number of ether oxygens (including phenoxy) is 2. The molecule has 0 fully saturated rings. The summed E-state index contributed by atoms with van der Waals surface area (Å²) in [4.78, 5) is 46.1. The van der Waals surface area contributed by atoms with Gasteiger partial charge in [-0.3, -0.25) is 14.4 Å². The van der Waals surface area contributed by atoms with E-state index in [0.29, 0.717) is 5.39 Å². The summed E-state index contributed by atoms with van der Waals surface area (Å²) in [5.74, 6) is -1.67. The van der Waals surface area contributed by atoms with Crippen LogP contribution >= 0.6 is 0 Å². The Balaban J connectivity index is 2.34. The third kappa shape index (κ3) is 4.03. The molecule has 2 rings (SSSR count). The number of hydrogen-bond acceptors (Lipinski definition) is 7. The van der Waals surface area contributed by atoms with E-state index in [-0.39, 0.29) is 23.5 Å². The van der Waals surface area contributed by atoms with Crippen LogP contribution in [0, 0.1) is 0 Å². The lowest BCUT2D eigenvalue weighted by atomic mass is 10.1. The van der Waals surface area contributed by atoms with E-state index in [0.717, 1.165) is 0 Å². The first-order valence-electron chi connectivity index (χ1n) is 6.86. The average Bonchev–Trinajstić information content (AvgIpc) is 2.45. The molecular weight excluding hydrogens is 304 g/mol. The maximum absolute atomic E-state index is 12.0. The summed E-state index contributed by atoms with van der Waals surface area (Å²) >= 11 is 0. The van der Waals surface area contributed by atoms with Crippen molar-refractivity contribution in [3.05, 3.63) is 40.2 Å². The first kappa shape index (κ1) is 16.4. The predicted octanol–water partition coefficient (Wildman–Crippen LogP) is 1.85. The quantitative estimate of drug-likeness (QED) is 0.273. The fourth-order valence-corrected chi connectivity index (χ4v) is 1.95. The summed E-state index contributed by atoms with van der Waals surface area (Å²) in [7, 11) is 0. The van der Waals surface area contributed by atoms with Crippen molar-refractivity contribution in [3.63, 3.8) is 0 Å². The summed E-state index contributed by atoms with van der Waals surface area (Å²) < 4.78 is 14.6. The lowest BCUT2D eigenvalue weighted by Crippen LogP contribution is -2.18. The van der Waals surface area contributed by atoms with Crippen LogP contribution in [0.1, 0.15) is 30.6 Å². The second-order valence-electron chi connectivity index (χ2n) is 4.65. The van der Waals surface area contributed by atoms with E-state index in [1.165, 1.54) is 31.2 Å². The molecule has 1 aromatic heterocycles. The van der Waals surface area contributed by atoms with Gasteiger partial charge in [0.15, 0.2) is 5.78 Å². The van der Waals surface area contributed by atoms with E-state index in [1.54, 1.807) is 6.92 Å². The zero-order chi connectivity index (χ0) is 17.0. The van der Waals surface area contributed by atoms with Gasteiger partial charge in [-0.15, -0.1) is 0 Å². The van der Waals surface area contributed by atoms with Gasteiger partial charge in [0.2, 0.25) is 0 Å². The number of fused-ring (bicyclic) bond motifs is 1. The Bertz CT molecular complexity index is 832. The van der Waals surface area contributed by atoms with Gasteiger partial charge in [0.25, 0.3) is 0 Å². The molecule has 120 valence electrons. The normalized spacial score (nSPS) is 10.3. The number of esters is 2. The van der Waals surface area contributed by atoms with E-state index >= 15 is 0 Å². The molecule has 1 heterocycles. The second-order valence-corrected chi connectivity index (χ2v) is 4.65. The average molecular weight is 318 g/mol. The molecule has 7 heteroatoms. The van der Waals surface area contributed by atoms with Crippen molar-refractivity contribution in [3.8, 4) is 5.75 Å². The monoisotopic (exact) mass is 318 g/mol. The van der Waals surface area contributed by atoms with E-state index in [2.05, 4.69) is 4.74 Å². The Morgan fingerprint density at radius 1 is 1.17 bits per heavy atom. The maximum Gasteiger partial charge on any atom is 0.347 e. The van der Waals surface area contributed by atoms with Crippen LogP contribution < -0.4 is 10.4 Å². The van der Waals surface area contributed by atoms with Crippen LogP contribution in [0.5, 0.6) is 5.75 Å². The van der Waals surface area contributed by atoms with Crippen molar-refractivity contribution in [1.82, 2.24) is 0 Å². The molecule has 23 heavy (non-hydrogen) atoms. The number of rotatable bonds is 5. The van der Waals surface area contributed by atoms with E-state index < -0.39 is 29.8 Å². The van der Waals surface area contributed by atoms with E-state index in [9.17, 15) is 19.2 Å². The van der Waals surface area contributed by atoms with Crippen LogP contribution in [0.15, 0.2) is 33.5 Å². The van der Waals surface area contributed by atoms with Crippen LogP contribution in [0.2, 0.25) is 0 Å². The Labute approximate surface area is 130 Å². The standard InChI is InChI=1S/C16H14O7/c1-3-21-15(19)8-13(18)12-6-10-4-5-11(22-9(2)17)7-14(10)23-16(12)20/h4-7H,3,8H2,1-2H3. The molecule has 0 saturated carbocycles. The number of ketones is 1. The minimum atomic E-state index is -0.869. The molecule has 0 N–H and O–H groups in total. The van der Waals surface area contributed by atoms with Gasteiger partial charge >= 0.3 is 17.6 Å². The number of benzene rings is 1. The van der Waals surface area contributed by atoms with E-state index in [4.69, 9.17) is 9.15 Å². The molecular formula is C16H14O7. The predicted molar refractivity (Wildman–Crippen MR) is 79.4 cm³/mol. The SMILES string of the molecule is CCOC(=O)CC(=O)c1cc2ccc(OC(C)=O)cc2oc1=O. The molecule has 0 amide bonds. The lowest BCUT2D eigenvalue weighted by Gasteiger charge is -2.04. The highest BCUT2D eigenvalue weighted by molar-refractivity contribution is 6.06. The largest absolute Gasteiger partial charge is 0.466 e. The van der Waals surface area contributed by atoms with Gasteiger partial charge in [0, 0.05) is 18.4 Å². The van der Waals surface area contributed by atoms with Gasteiger partial charge in [-0.25, -0.2) is 4.79 Å².